The highest BCUT2D eigenvalue weighted by Gasteiger charge is 2.23. The number of hydrogen-bond donors (Lipinski definition) is 2. The van der Waals surface area contributed by atoms with E-state index in [9.17, 15) is 4.79 Å². The van der Waals surface area contributed by atoms with E-state index in [1.807, 2.05) is 86.6 Å². The molecule has 0 aliphatic rings. The molecule has 0 saturated heterocycles. The average molecular weight is 376 g/mol. The molecule has 28 heavy (non-hydrogen) atoms. The number of para-hydroxylation sites is 3. The van der Waals surface area contributed by atoms with Gasteiger partial charge in [0.05, 0.1) is 18.3 Å². The van der Waals surface area contributed by atoms with Gasteiger partial charge in [-0.25, -0.2) is 4.79 Å². The van der Waals surface area contributed by atoms with Crippen LogP contribution < -0.4 is 20.1 Å². The van der Waals surface area contributed by atoms with Crippen molar-refractivity contribution in [3.63, 3.8) is 0 Å². The van der Waals surface area contributed by atoms with Crippen LogP contribution in [0.1, 0.15) is 19.4 Å². The Kier molecular flexibility index (Phi) is 5.84. The highest BCUT2D eigenvalue weighted by Crippen LogP contribution is 2.29. The van der Waals surface area contributed by atoms with Crippen LogP contribution in [-0.2, 0) is 5.54 Å². The lowest BCUT2D eigenvalue weighted by Gasteiger charge is -2.27. The van der Waals surface area contributed by atoms with Crippen molar-refractivity contribution in [2.45, 2.75) is 19.4 Å². The van der Waals surface area contributed by atoms with Crippen molar-refractivity contribution in [3.05, 3.63) is 84.4 Å². The molecule has 5 heteroatoms. The summed E-state index contributed by atoms with van der Waals surface area (Å²) < 4.78 is 11.1. The quantitative estimate of drug-likeness (QED) is 0.593. The van der Waals surface area contributed by atoms with Gasteiger partial charge in [0.15, 0.2) is 5.75 Å². The average Bonchev–Trinajstić information content (AvgIpc) is 2.70. The molecule has 0 heterocycles. The Morgan fingerprint density at radius 2 is 1.46 bits per heavy atom. The topological polar surface area (TPSA) is 59.6 Å². The van der Waals surface area contributed by atoms with E-state index in [0.717, 1.165) is 11.3 Å². The van der Waals surface area contributed by atoms with Crippen molar-refractivity contribution in [2.75, 3.05) is 12.4 Å². The maximum absolute atomic E-state index is 12.6. The molecule has 3 aromatic carbocycles. The van der Waals surface area contributed by atoms with E-state index in [-0.39, 0.29) is 6.03 Å². The zero-order valence-corrected chi connectivity index (χ0v) is 16.2. The number of carbonyl (C=O) groups excluding carboxylic acids is 1. The maximum Gasteiger partial charge on any atom is 0.320 e. The first-order valence-electron chi connectivity index (χ1n) is 9.03. The second-order valence-electron chi connectivity index (χ2n) is 6.84. The summed E-state index contributed by atoms with van der Waals surface area (Å²) in [6.45, 7) is 3.89. The summed E-state index contributed by atoms with van der Waals surface area (Å²) in [5.74, 6) is 2.05. The van der Waals surface area contributed by atoms with Gasteiger partial charge in [0.1, 0.15) is 11.5 Å². The fourth-order valence-corrected chi connectivity index (χ4v) is 2.79. The van der Waals surface area contributed by atoms with Gasteiger partial charge in [0.25, 0.3) is 0 Å². The lowest BCUT2D eigenvalue weighted by Crippen LogP contribution is -2.43. The molecule has 0 saturated carbocycles. The molecule has 5 nitrogen and oxygen atoms in total. The smallest absolute Gasteiger partial charge is 0.320 e. The lowest BCUT2D eigenvalue weighted by molar-refractivity contribution is 0.241. The molecule has 3 aromatic rings. The number of benzene rings is 3. The van der Waals surface area contributed by atoms with Gasteiger partial charge >= 0.3 is 6.03 Å². The Hall–Kier alpha value is -3.47. The predicted molar refractivity (Wildman–Crippen MR) is 111 cm³/mol. The van der Waals surface area contributed by atoms with Crippen molar-refractivity contribution >= 4 is 11.7 Å². The van der Waals surface area contributed by atoms with Gasteiger partial charge in [-0.15, -0.1) is 0 Å². The van der Waals surface area contributed by atoms with Crippen LogP contribution in [0.15, 0.2) is 78.9 Å². The van der Waals surface area contributed by atoms with Gasteiger partial charge in [0, 0.05) is 0 Å². The van der Waals surface area contributed by atoms with E-state index in [1.54, 1.807) is 13.2 Å². The number of amides is 2. The number of carbonyl (C=O) groups is 1. The minimum atomic E-state index is -0.564. The van der Waals surface area contributed by atoms with E-state index < -0.39 is 5.54 Å². The molecule has 2 N–H and O–H groups in total. The fourth-order valence-electron chi connectivity index (χ4n) is 2.79. The molecular weight excluding hydrogens is 352 g/mol. The first-order valence-corrected chi connectivity index (χ1v) is 9.03. The van der Waals surface area contributed by atoms with Crippen LogP contribution in [0, 0.1) is 0 Å². The highest BCUT2D eigenvalue weighted by molar-refractivity contribution is 5.91. The van der Waals surface area contributed by atoms with Gasteiger partial charge in [0.2, 0.25) is 0 Å². The number of rotatable bonds is 6. The third kappa shape index (κ3) is 4.82. The Bertz CT molecular complexity index is 922. The second kappa shape index (κ2) is 8.48. The van der Waals surface area contributed by atoms with E-state index >= 15 is 0 Å². The Morgan fingerprint density at radius 1 is 0.821 bits per heavy atom. The molecule has 0 aliphatic carbocycles. The van der Waals surface area contributed by atoms with E-state index in [2.05, 4.69) is 10.6 Å². The summed E-state index contributed by atoms with van der Waals surface area (Å²) in [6, 6.07) is 24.1. The van der Waals surface area contributed by atoms with Gasteiger partial charge in [-0.3, -0.25) is 0 Å². The third-order valence-electron chi connectivity index (χ3n) is 4.34. The van der Waals surface area contributed by atoms with Crippen molar-refractivity contribution in [1.82, 2.24) is 5.32 Å². The van der Waals surface area contributed by atoms with Crippen molar-refractivity contribution in [1.29, 1.82) is 0 Å². The number of anilines is 1. The van der Waals surface area contributed by atoms with E-state index in [0.29, 0.717) is 17.2 Å². The van der Waals surface area contributed by atoms with Crippen LogP contribution in [0.3, 0.4) is 0 Å². The number of ether oxygens (including phenoxy) is 2. The molecule has 2 amide bonds. The molecule has 144 valence electrons. The molecule has 0 aliphatic heterocycles. The van der Waals surface area contributed by atoms with Crippen LogP contribution in [0.25, 0.3) is 0 Å². The number of methoxy groups -OCH3 is 1. The normalized spacial score (nSPS) is 10.8. The molecule has 0 radical (unpaired) electrons. The summed E-state index contributed by atoms with van der Waals surface area (Å²) in [5, 5.41) is 5.88. The molecule has 0 spiro atoms. The molecule has 0 bridgehead atoms. The number of urea groups is 1. The first kappa shape index (κ1) is 19.3. The SMILES string of the molecule is COc1ccc(C(C)(C)NC(=O)Nc2ccccc2Oc2ccccc2)cc1. The zero-order chi connectivity index (χ0) is 20.0. The summed E-state index contributed by atoms with van der Waals surface area (Å²) in [7, 11) is 1.63. The molecule has 0 fully saturated rings. The lowest BCUT2D eigenvalue weighted by atomic mass is 9.94. The first-order chi connectivity index (χ1) is 13.5. The third-order valence-corrected chi connectivity index (χ3v) is 4.34. The minimum Gasteiger partial charge on any atom is -0.497 e. The largest absolute Gasteiger partial charge is 0.497 e. The maximum atomic E-state index is 12.6. The molecular formula is C23H24N2O3. The number of hydrogen-bond acceptors (Lipinski definition) is 3. The molecule has 3 rings (SSSR count). The van der Waals surface area contributed by atoms with Crippen LogP contribution in [-0.4, -0.2) is 13.1 Å². The van der Waals surface area contributed by atoms with Gasteiger partial charge < -0.3 is 20.1 Å². The predicted octanol–water partition coefficient (Wildman–Crippen LogP) is 5.54. The Balaban J connectivity index is 1.70. The van der Waals surface area contributed by atoms with E-state index in [4.69, 9.17) is 9.47 Å². The second-order valence-corrected chi connectivity index (χ2v) is 6.84. The minimum absolute atomic E-state index is 0.315. The van der Waals surface area contributed by atoms with Gasteiger partial charge in [-0.05, 0) is 55.8 Å². The molecule has 0 atom stereocenters. The molecule has 0 aromatic heterocycles. The summed E-state index contributed by atoms with van der Waals surface area (Å²) >= 11 is 0. The Labute approximate surface area is 165 Å². The van der Waals surface area contributed by atoms with Crippen LogP contribution in [0.5, 0.6) is 17.2 Å². The van der Waals surface area contributed by atoms with Crippen molar-refractivity contribution in [3.8, 4) is 17.2 Å². The van der Waals surface area contributed by atoms with Crippen LogP contribution in [0.4, 0.5) is 10.5 Å². The zero-order valence-electron chi connectivity index (χ0n) is 16.2. The van der Waals surface area contributed by atoms with Gasteiger partial charge in [-0.2, -0.15) is 0 Å². The van der Waals surface area contributed by atoms with Crippen LogP contribution >= 0.6 is 0 Å². The van der Waals surface area contributed by atoms with Crippen molar-refractivity contribution < 1.29 is 14.3 Å². The summed E-state index contributed by atoms with van der Waals surface area (Å²) in [5.41, 5.74) is 0.998. The summed E-state index contributed by atoms with van der Waals surface area (Å²) in [6.07, 6.45) is 0. The standard InChI is InChI=1S/C23H24N2O3/c1-23(2,17-13-15-18(27-3)16-14-17)25-22(26)24-20-11-7-8-12-21(20)28-19-9-5-4-6-10-19/h4-16H,1-3H3,(H2,24,25,26). The van der Waals surface area contributed by atoms with E-state index in [1.165, 1.54) is 0 Å². The monoisotopic (exact) mass is 376 g/mol. The Morgan fingerprint density at radius 3 is 2.14 bits per heavy atom. The fraction of sp³-hybridized carbons (Fsp3) is 0.174. The van der Waals surface area contributed by atoms with Crippen molar-refractivity contribution in [2.24, 2.45) is 0 Å². The number of nitrogens with one attached hydrogen (secondary N) is 2. The van der Waals surface area contributed by atoms with Gasteiger partial charge in [-0.1, -0.05) is 42.5 Å². The highest BCUT2D eigenvalue weighted by atomic mass is 16.5. The summed E-state index contributed by atoms with van der Waals surface area (Å²) in [4.78, 5) is 12.6. The molecule has 0 unspecified atom stereocenters. The van der Waals surface area contributed by atoms with Crippen LogP contribution in [0.2, 0.25) is 0 Å².